The first-order valence-corrected chi connectivity index (χ1v) is 11.6. The van der Waals surface area contributed by atoms with Crippen molar-refractivity contribution in [1.29, 1.82) is 0 Å². The molecule has 186 valence electrons. The number of carbonyl (C=O) groups is 1. The molecule has 36 heavy (non-hydrogen) atoms. The van der Waals surface area contributed by atoms with Crippen molar-refractivity contribution in [3.8, 4) is 28.7 Å². The van der Waals surface area contributed by atoms with Crippen LogP contribution in [0.3, 0.4) is 0 Å². The zero-order valence-corrected chi connectivity index (χ0v) is 20.4. The van der Waals surface area contributed by atoms with E-state index in [9.17, 15) is 4.79 Å². The molecule has 0 radical (unpaired) electrons. The summed E-state index contributed by atoms with van der Waals surface area (Å²) in [5.41, 5.74) is 3.78. The highest BCUT2D eigenvalue weighted by atomic mass is 16.7. The van der Waals surface area contributed by atoms with Crippen LogP contribution >= 0.6 is 0 Å². The number of fused-ring (bicyclic) bond motifs is 2. The molecule has 8 nitrogen and oxygen atoms in total. The molecule has 0 saturated heterocycles. The van der Waals surface area contributed by atoms with Crippen LogP contribution in [0.4, 0.5) is 0 Å². The van der Waals surface area contributed by atoms with Gasteiger partial charge in [-0.1, -0.05) is 18.2 Å². The average molecular weight is 489 g/mol. The number of methoxy groups -OCH3 is 3. The van der Waals surface area contributed by atoms with Gasteiger partial charge in [-0.3, -0.25) is 4.79 Å². The van der Waals surface area contributed by atoms with Gasteiger partial charge in [0, 0.05) is 36.0 Å². The summed E-state index contributed by atoms with van der Waals surface area (Å²) in [5.74, 6) is 3.06. The SMILES string of the molecule is COc1ccc(CNC(=O)C[C@H](c2ccc3c(c2)OCO3)c2c[nH]c3cccc(OC)c23)cc1OC. The minimum atomic E-state index is -0.241. The molecule has 0 spiro atoms. The van der Waals surface area contributed by atoms with Gasteiger partial charge in [0.2, 0.25) is 12.7 Å². The number of carbonyl (C=O) groups excluding carboxylic acids is 1. The van der Waals surface area contributed by atoms with Gasteiger partial charge in [0.15, 0.2) is 23.0 Å². The Morgan fingerprint density at radius 1 is 0.944 bits per heavy atom. The van der Waals surface area contributed by atoms with Crippen LogP contribution in [0.1, 0.15) is 29.0 Å². The first-order chi connectivity index (χ1) is 17.6. The number of H-pyrrole nitrogens is 1. The van der Waals surface area contributed by atoms with Crippen LogP contribution in [-0.4, -0.2) is 39.0 Å². The summed E-state index contributed by atoms with van der Waals surface area (Å²) in [6.45, 7) is 0.556. The molecule has 0 saturated carbocycles. The van der Waals surface area contributed by atoms with Gasteiger partial charge >= 0.3 is 0 Å². The minimum absolute atomic E-state index is 0.0864. The fraction of sp³-hybridized carbons (Fsp3) is 0.250. The highest BCUT2D eigenvalue weighted by Gasteiger charge is 2.25. The number of ether oxygens (including phenoxy) is 5. The fourth-order valence-corrected chi connectivity index (χ4v) is 4.61. The molecule has 2 heterocycles. The zero-order valence-electron chi connectivity index (χ0n) is 20.4. The lowest BCUT2D eigenvalue weighted by Gasteiger charge is -2.19. The number of hydrogen-bond acceptors (Lipinski definition) is 6. The topological polar surface area (TPSA) is 91.0 Å². The molecule has 0 aliphatic carbocycles. The summed E-state index contributed by atoms with van der Waals surface area (Å²) in [6, 6.07) is 17.3. The molecule has 0 bridgehead atoms. The smallest absolute Gasteiger partial charge is 0.231 e. The van der Waals surface area contributed by atoms with E-state index in [0.29, 0.717) is 29.5 Å². The summed E-state index contributed by atoms with van der Waals surface area (Å²) in [4.78, 5) is 16.6. The molecule has 1 atom stereocenters. The molecular weight excluding hydrogens is 460 g/mol. The molecule has 1 aliphatic heterocycles. The highest BCUT2D eigenvalue weighted by Crippen LogP contribution is 2.41. The molecule has 2 N–H and O–H groups in total. The maximum absolute atomic E-state index is 13.2. The van der Waals surface area contributed by atoms with E-state index >= 15 is 0 Å². The van der Waals surface area contributed by atoms with Gasteiger partial charge in [-0.25, -0.2) is 0 Å². The number of aromatic nitrogens is 1. The van der Waals surface area contributed by atoms with Gasteiger partial charge in [-0.15, -0.1) is 0 Å². The van der Waals surface area contributed by atoms with Crippen molar-refractivity contribution in [3.05, 3.63) is 77.5 Å². The zero-order chi connectivity index (χ0) is 25.1. The molecule has 5 rings (SSSR count). The van der Waals surface area contributed by atoms with Crippen LogP contribution in [0.5, 0.6) is 28.7 Å². The van der Waals surface area contributed by atoms with E-state index < -0.39 is 0 Å². The number of hydrogen-bond donors (Lipinski definition) is 2. The molecule has 1 amide bonds. The van der Waals surface area contributed by atoms with Gasteiger partial charge in [-0.2, -0.15) is 0 Å². The van der Waals surface area contributed by atoms with Crippen LogP contribution in [-0.2, 0) is 11.3 Å². The largest absolute Gasteiger partial charge is 0.496 e. The van der Waals surface area contributed by atoms with Gasteiger partial charge in [0.05, 0.1) is 21.3 Å². The van der Waals surface area contributed by atoms with E-state index in [0.717, 1.165) is 33.3 Å². The third kappa shape index (κ3) is 4.49. The van der Waals surface area contributed by atoms with Crippen molar-refractivity contribution >= 4 is 16.8 Å². The Morgan fingerprint density at radius 3 is 2.56 bits per heavy atom. The molecule has 3 aromatic carbocycles. The summed E-state index contributed by atoms with van der Waals surface area (Å²) in [6.07, 6.45) is 2.18. The van der Waals surface area contributed by atoms with Crippen molar-refractivity contribution < 1.29 is 28.5 Å². The van der Waals surface area contributed by atoms with E-state index in [4.69, 9.17) is 23.7 Å². The molecular formula is C28H28N2O6. The normalized spacial score (nSPS) is 12.9. The van der Waals surface area contributed by atoms with Crippen LogP contribution in [0.25, 0.3) is 10.9 Å². The maximum atomic E-state index is 13.2. The molecule has 0 fully saturated rings. The number of aromatic amines is 1. The van der Waals surface area contributed by atoms with Gasteiger partial charge in [0.1, 0.15) is 5.75 Å². The summed E-state index contributed by atoms with van der Waals surface area (Å²) in [5, 5.41) is 4.00. The van der Waals surface area contributed by atoms with Crippen molar-refractivity contribution in [2.45, 2.75) is 18.9 Å². The van der Waals surface area contributed by atoms with Gasteiger partial charge < -0.3 is 34.0 Å². The number of benzene rings is 3. The predicted molar refractivity (Wildman–Crippen MR) is 135 cm³/mol. The second-order valence-corrected chi connectivity index (χ2v) is 8.46. The summed E-state index contributed by atoms with van der Waals surface area (Å²) in [7, 11) is 4.83. The van der Waals surface area contributed by atoms with Crippen molar-refractivity contribution in [2.75, 3.05) is 28.1 Å². The Morgan fingerprint density at radius 2 is 1.75 bits per heavy atom. The fourth-order valence-electron chi connectivity index (χ4n) is 4.61. The molecule has 0 unspecified atom stereocenters. The lowest BCUT2D eigenvalue weighted by atomic mass is 9.87. The van der Waals surface area contributed by atoms with Crippen LogP contribution in [0, 0.1) is 0 Å². The molecule has 1 aromatic heterocycles. The first-order valence-electron chi connectivity index (χ1n) is 11.6. The third-order valence-corrected chi connectivity index (χ3v) is 6.42. The van der Waals surface area contributed by atoms with E-state index in [1.807, 2.05) is 60.8 Å². The van der Waals surface area contributed by atoms with Crippen molar-refractivity contribution in [3.63, 3.8) is 0 Å². The second-order valence-electron chi connectivity index (χ2n) is 8.46. The molecule has 1 aliphatic rings. The number of amides is 1. The Balaban J connectivity index is 1.43. The van der Waals surface area contributed by atoms with E-state index in [1.165, 1.54) is 0 Å². The Labute approximate surface area is 209 Å². The Bertz CT molecular complexity index is 1400. The van der Waals surface area contributed by atoms with E-state index in [-0.39, 0.29) is 25.0 Å². The Hall–Kier alpha value is -4.33. The summed E-state index contributed by atoms with van der Waals surface area (Å²) < 4.78 is 27.4. The number of rotatable bonds is 9. The molecule has 4 aromatic rings. The van der Waals surface area contributed by atoms with Crippen LogP contribution in [0.2, 0.25) is 0 Å². The van der Waals surface area contributed by atoms with Crippen LogP contribution < -0.4 is 29.0 Å². The quantitative estimate of drug-likeness (QED) is 0.353. The van der Waals surface area contributed by atoms with Crippen molar-refractivity contribution in [2.24, 2.45) is 0 Å². The predicted octanol–water partition coefficient (Wildman–Crippen LogP) is 4.76. The number of nitrogens with one attached hydrogen (secondary N) is 2. The van der Waals surface area contributed by atoms with Crippen molar-refractivity contribution in [1.82, 2.24) is 10.3 Å². The van der Waals surface area contributed by atoms with Gasteiger partial charge in [-0.05, 0) is 53.1 Å². The molecule has 8 heteroatoms. The summed E-state index contributed by atoms with van der Waals surface area (Å²) >= 11 is 0. The maximum Gasteiger partial charge on any atom is 0.231 e. The lowest BCUT2D eigenvalue weighted by Crippen LogP contribution is -2.25. The van der Waals surface area contributed by atoms with Crippen LogP contribution in [0.15, 0.2) is 60.8 Å². The first kappa shape index (κ1) is 23.4. The van der Waals surface area contributed by atoms with E-state index in [2.05, 4.69) is 10.3 Å². The lowest BCUT2D eigenvalue weighted by molar-refractivity contribution is -0.121. The average Bonchev–Trinajstić information content (AvgIpc) is 3.57. The minimum Gasteiger partial charge on any atom is -0.496 e. The van der Waals surface area contributed by atoms with E-state index in [1.54, 1.807) is 21.3 Å². The Kier molecular flexibility index (Phi) is 6.58. The highest BCUT2D eigenvalue weighted by molar-refractivity contribution is 5.91. The monoisotopic (exact) mass is 488 g/mol. The second kappa shape index (κ2) is 10.1. The van der Waals surface area contributed by atoms with Gasteiger partial charge in [0.25, 0.3) is 0 Å². The standard InChI is InChI=1S/C28H28N2O6/c1-32-22-9-7-17(11-25(22)34-3)14-30-27(31)13-19(18-8-10-23-26(12-18)36-16-35-23)20-15-29-21-5-4-6-24(33-2)28(20)21/h4-12,15,19,29H,13-14,16H2,1-3H3,(H,30,31)/t19-/m1/s1. The third-order valence-electron chi connectivity index (χ3n) is 6.42.